The van der Waals surface area contributed by atoms with E-state index in [1.54, 1.807) is 5.48 Å². The average molecular weight is 666 g/mol. The first kappa shape index (κ1) is 35.0. The van der Waals surface area contributed by atoms with Gasteiger partial charge in [-0.05, 0) is 66.6 Å². The summed E-state index contributed by atoms with van der Waals surface area (Å²) in [4.78, 5) is 26.1. The van der Waals surface area contributed by atoms with Crippen LogP contribution in [0.2, 0.25) is 5.02 Å². The van der Waals surface area contributed by atoms with Crippen LogP contribution in [0.1, 0.15) is 86.0 Å². The molecule has 0 aromatic heterocycles. The number of unbranched alkanes of at least 4 members (excludes halogenated alkanes) is 2. The van der Waals surface area contributed by atoms with Crippen molar-refractivity contribution in [3.8, 4) is 0 Å². The van der Waals surface area contributed by atoms with E-state index in [4.69, 9.17) is 26.3 Å². The molecule has 2 aliphatic rings. The molecule has 0 bridgehead atoms. The highest BCUT2D eigenvalue weighted by Gasteiger charge is 2.37. The van der Waals surface area contributed by atoms with Crippen molar-refractivity contribution in [1.29, 1.82) is 0 Å². The van der Waals surface area contributed by atoms with Crippen LogP contribution in [0.5, 0.6) is 0 Å². The summed E-state index contributed by atoms with van der Waals surface area (Å²) >= 11 is 6.07. The Bertz CT molecular complexity index is 1460. The Labute approximate surface area is 280 Å². The van der Waals surface area contributed by atoms with Crippen LogP contribution in [0.4, 0.5) is 5.69 Å². The maximum Gasteiger partial charge on any atom is 0.243 e. The zero-order chi connectivity index (χ0) is 33.2. The van der Waals surface area contributed by atoms with E-state index in [2.05, 4.69) is 10.2 Å². The highest BCUT2D eigenvalue weighted by Crippen LogP contribution is 2.40. The molecule has 252 valence electrons. The van der Waals surface area contributed by atoms with Gasteiger partial charge in [0.2, 0.25) is 11.8 Å². The molecule has 3 aromatic carbocycles. The van der Waals surface area contributed by atoms with E-state index in [1.807, 2.05) is 72.8 Å². The third-order valence-corrected chi connectivity index (χ3v) is 9.27. The number of anilines is 1. The molecule has 47 heavy (non-hydrogen) atoms. The van der Waals surface area contributed by atoms with Crippen LogP contribution in [0.3, 0.4) is 0 Å². The minimum atomic E-state index is -0.890. The largest absolute Gasteiger partial charge is 0.392 e. The molecule has 2 saturated heterocycles. The monoisotopic (exact) mass is 665 g/mol. The van der Waals surface area contributed by atoms with Gasteiger partial charge in [0, 0.05) is 55.2 Å². The first-order chi connectivity index (χ1) is 22.7. The average Bonchev–Trinajstić information content (AvgIpc) is 3.09. The minimum Gasteiger partial charge on any atom is -0.392 e. The van der Waals surface area contributed by atoms with Crippen LogP contribution in [-0.4, -0.2) is 57.9 Å². The van der Waals surface area contributed by atoms with Crippen LogP contribution in [-0.2, 0) is 31.3 Å². The summed E-state index contributed by atoms with van der Waals surface area (Å²) in [5.41, 5.74) is 4.86. The predicted octanol–water partition coefficient (Wildman–Crippen LogP) is 5.76. The molecule has 5 rings (SSSR count). The van der Waals surface area contributed by atoms with Gasteiger partial charge in [0.05, 0.1) is 24.4 Å². The van der Waals surface area contributed by atoms with Gasteiger partial charge in [0.25, 0.3) is 0 Å². The van der Waals surface area contributed by atoms with Gasteiger partial charge in [0.1, 0.15) is 0 Å². The number of halogens is 1. The normalized spacial score (nSPS) is 21.2. The zero-order valence-corrected chi connectivity index (χ0v) is 27.2. The van der Waals surface area contributed by atoms with E-state index in [1.165, 1.54) is 0 Å². The second kappa shape index (κ2) is 16.7. The lowest BCUT2D eigenvalue weighted by atomic mass is 9.84. The number of benzene rings is 3. The van der Waals surface area contributed by atoms with Gasteiger partial charge in [-0.15, -0.1) is 0 Å². The van der Waals surface area contributed by atoms with E-state index < -0.39 is 17.8 Å². The summed E-state index contributed by atoms with van der Waals surface area (Å²) in [6.07, 6.45) is 3.26. The third-order valence-electron chi connectivity index (χ3n) is 9.02. The van der Waals surface area contributed by atoms with Crippen LogP contribution in [0.15, 0.2) is 72.8 Å². The molecule has 2 fully saturated rings. The number of carbonyl (C=O) groups is 2. The molecule has 0 radical (unpaired) electrons. The van der Waals surface area contributed by atoms with Crippen molar-refractivity contribution in [1.82, 2.24) is 10.4 Å². The number of aliphatic hydroxyl groups excluding tert-OH is 1. The van der Waals surface area contributed by atoms with E-state index in [9.17, 15) is 19.8 Å². The molecule has 0 unspecified atom stereocenters. The lowest BCUT2D eigenvalue weighted by Crippen LogP contribution is -2.46. The number of aliphatic hydroxyl groups is 2. The van der Waals surface area contributed by atoms with Gasteiger partial charge in [-0.25, -0.2) is 5.48 Å². The molecular weight excluding hydrogens is 622 g/mol. The van der Waals surface area contributed by atoms with E-state index in [-0.39, 0.29) is 31.1 Å². The van der Waals surface area contributed by atoms with Gasteiger partial charge in [-0.1, -0.05) is 66.6 Å². The Morgan fingerprint density at radius 1 is 0.894 bits per heavy atom. The summed E-state index contributed by atoms with van der Waals surface area (Å²) in [5, 5.41) is 33.1. The van der Waals surface area contributed by atoms with Crippen molar-refractivity contribution in [2.75, 3.05) is 25.0 Å². The predicted molar refractivity (Wildman–Crippen MR) is 178 cm³/mol. The smallest absolute Gasteiger partial charge is 0.243 e. The Hall–Kier alpha value is -3.35. The van der Waals surface area contributed by atoms with Gasteiger partial charge in [0.15, 0.2) is 6.29 Å². The number of nitrogens with zero attached hydrogens (tertiary/aromatic N) is 1. The zero-order valence-electron chi connectivity index (χ0n) is 26.4. The number of hydrogen-bond acceptors (Lipinski definition) is 8. The third kappa shape index (κ3) is 9.84. The molecule has 0 aliphatic carbocycles. The number of ether oxygens (including phenoxy) is 2. The van der Waals surface area contributed by atoms with Crippen LogP contribution in [0, 0.1) is 0 Å². The number of hydroxylamine groups is 1. The summed E-state index contributed by atoms with van der Waals surface area (Å²) in [5.74, 6) is -0.551. The molecule has 2 amide bonds. The van der Waals surface area contributed by atoms with Crippen molar-refractivity contribution < 1.29 is 34.5 Å². The number of piperidine rings is 1. The van der Waals surface area contributed by atoms with Crippen molar-refractivity contribution in [2.45, 2.75) is 82.1 Å². The summed E-state index contributed by atoms with van der Waals surface area (Å²) in [6, 6.07) is 22.7. The molecule has 2 aliphatic heterocycles. The van der Waals surface area contributed by atoms with Gasteiger partial charge >= 0.3 is 0 Å². The van der Waals surface area contributed by atoms with Gasteiger partial charge in [-0.3, -0.25) is 14.8 Å². The fourth-order valence-electron chi connectivity index (χ4n) is 6.27. The quantitative estimate of drug-likeness (QED) is 0.0883. The summed E-state index contributed by atoms with van der Waals surface area (Å²) in [6.45, 7) is 2.09. The number of amides is 2. The second-order valence-electron chi connectivity index (χ2n) is 12.5. The molecule has 3 atom stereocenters. The first-order valence-corrected chi connectivity index (χ1v) is 16.7. The lowest BCUT2D eigenvalue weighted by molar-refractivity contribution is -0.253. The molecule has 2 heterocycles. The number of carbonyl (C=O) groups excluding carboxylic acids is 2. The number of rotatable bonds is 13. The molecular formula is C36H44ClN3O7. The number of likely N-dealkylation sites (tertiary alicyclic amines) is 1. The molecule has 11 heteroatoms. The van der Waals surface area contributed by atoms with Crippen LogP contribution < -0.4 is 10.8 Å². The SMILES string of the molecule is O=C(CCCCCC(=O)Nc1cccc([C@H]2O[C@@H](CN3CCC(O)(c4ccc(Cl)cc4)CC3)C[C@@H](c3ccc(CO)cc3)O2)c1)NO. The maximum absolute atomic E-state index is 12.6. The fraction of sp³-hybridized carbons (Fsp3) is 0.444. The molecule has 10 nitrogen and oxygen atoms in total. The second-order valence-corrected chi connectivity index (χ2v) is 12.9. The maximum atomic E-state index is 12.6. The first-order valence-electron chi connectivity index (χ1n) is 16.3. The van der Waals surface area contributed by atoms with E-state index in [0.29, 0.717) is 62.2 Å². The van der Waals surface area contributed by atoms with Crippen LogP contribution >= 0.6 is 11.6 Å². The highest BCUT2D eigenvalue weighted by atomic mass is 35.5. The Balaban J connectivity index is 1.23. The lowest BCUT2D eigenvalue weighted by Gasteiger charge is -2.42. The number of hydrogen-bond donors (Lipinski definition) is 5. The van der Waals surface area contributed by atoms with Gasteiger partial charge in [-0.2, -0.15) is 0 Å². The van der Waals surface area contributed by atoms with E-state index in [0.717, 1.165) is 35.3 Å². The Morgan fingerprint density at radius 2 is 1.60 bits per heavy atom. The van der Waals surface area contributed by atoms with Crippen molar-refractivity contribution in [3.63, 3.8) is 0 Å². The molecule has 0 spiro atoms. The van der Waals surface area contributed by atoms with Crippen molar-refractivity contribution >= 4 is 29.1 Å². The van der Waals surface area contributed by atoms with Crippen molar-refractivity contribution in [3.05, 3.63) is 100 Å². The highest BCUT2D eigenvalue weighted by molar-refractivity contribution is 6.30. The summed E-state index contributed by atoms with van der Waals surface area (Å²) in [7, 11) is 0. The van der Waals surface area contributed by atoms with Crippen LogP contribution in [0.25, 0.3) is 0 Å². The fourth-order valence-corrected chi connectivity index (χ4v) is 6.39. The van der Waals surface area contributed by atoms with Gasteiger partial charge < -0.3 is 29.9 Å². The van der Waals surface area contributed by atoms with Crippen molar-refractivity contribution in [2.24, 2.45) is 0 Å². The Morgan fingerprint density at radius 3 is 2.28 bits per heavy atom. The number of nitrogens with one attached hydrogen (secondary N) is 2. The van der Waals surface area contributed by atoms with E-state index >= 15 is 0 Å². The topological polar surface area (TPSA) is 141 Å². The minimum absolute atomic E-state index is 0.0309. The summed E-state index contributed by atoms with van der Waals surface area (Å²) < 4.78 is 13.1. The molecule has 0 saturated carbocycles. The molecule has 5 N–H and O–H groups in total. The standard InChI is InChI=1S/C36H44ClN3O7/c37-29-15-13-28(14-16-29)36(44)17-19-40(20-18-36)23-31-22-32(26-11-9-25(24-41)10-12-26)47-35(46-31)27-5-4-6-30(21-27)38-33(42)7-2-1-3-8-34(43)39-45/h4-6,9-16,21,31-32,35,41,44-45H,1-3,7-8,17-20,22-24H2,(H,38,42)(H,39,43)/t31-,32+,35+/m1/s1. The Kier molecular flexibility index (Phi) is 12.4. The molecule has 3 aromatic rings.